The third kappa shape index (κ3) is 5.78. The van der Waals surface area contributed by atoms with Gasteiger partial charge >= 0.3 is 5.97 Å². The minimum absolute atomic E-state index is 0.365. The number of hydrogen-bond donors (Lipinski definition) is 2. The lowest BCUT2D eigenvalue weighted by atomic mass is 10.1. The quantitative estimate of drug-likeness (QED) is 0.519. The largest absolute Gasteiger partial charge is 0.465 e. The van der Waals surface area contributed by atoms with E-state index in [1.54, 1.807) is 24.3 Å². The summed E-state index contributed by atoms with van der Waals surface area (Å²) in [7, 11) is 1.37. The number of methoxy groups -OCH3 is 1. The number of ether oxygens (including phenoxy) is 1. The zero-order valence-corrected chi connectivity index (χ0v) is 17.0. The molecule has 0 aliphatic heterocycles. The van der Waals surface area contributed by atoms with Gasteiger partial charge in [-0.2, -0.15) is 4.98 Å². The van der Waals surface area contributed by atoms with Crippen molar-refractivity contribution in [1.29, 1.82) is 0 Å². The highest BCUT2D eigenvalue weighted by Crippen LogP contribution is 2.23. The van der Waals surface area contributed by atoms with Gasteiger partial charge in [-0.25, -0.2) is 9.78 Å². The number of esters is 1. The molecule has 0 spiro atoms. The van der Waals surface area contributed by atoms with Gasteiger partial charge in [0.25, 0.3) is 0 Å². The Kier molecular flexibility index (Phi) is 6.79. The van der Waals surface area contributed by atoms with Gasteiger partial charge in [0.15, 0.2) is 0 Å². The highest BCUT2D eigenvalue weighted by molar-refractivity contribution is 5.89. The summed E-state index contributed by atoms with van der Waals surface area (Å²) < 4.78 is 4.74. The highest BCUT2D eigenvalue weighted by Gasteiger charge is 2.09. The smallest absolute Gasteiger partial charge is 0.337 e. The van der Waals surface area contributed by atoms with Crippen molar-refractivity contribution in [3.05, 3.63) is 66.2 Å². The lowest BCUT2D eigenvalue weighted by molar-refractivity contribution is 0.0601. The van der Waals surface area contributed by atoms with Gasteiger partial charge in [0.1, 0.15) is 5.82 Å². The van der Waals surface area contributed by atoms with Crippen molar-refractivity contribution in [3.8, 4) is 11.3 Å². The van der Waals surface area contributed by atoms with Crippen molar-refractivity contribution in [1.82, 2.24) is 9.97 Å². The molecule has 1 heterocycles. The van der Waals surface area contributed by atoms with Crippen LogP contribution in [0.2, 0.25) is 0 Å². The number of anilines is 3. The van der Waals surface area contributed by atoms with Gasteiger partial charge in [-0.05, 0) is 36.6 Å². The first-order chi connectivity index (χ1) is 14.0. The molecular weight excluding hydrogens is 364 g/mol. The summed E-state index contributed by atoms with van der Waals surface area (Å²) in [6.07, 6.45) is 1.06. The average molecular weight is 390 g/mol. The molecule has 0 saturated carbocycles. The summed E-state index contributed by atoms with van der Waals surface area (Å²) >= 11 is 0. The van der Waals surface area contributed by atoms with E-state index in [1.807, 2.05) is 36.4 Å². The Morgan fingerprint density at radius 2 is 1.76 bits per heavy atom. The predicted molar refractivity (Wildman–Crippen MR) is 116 cm³/mol. The van der Waals surface area contributed by atoms with E-state index in [-0.39, 0.29) is 5.97 Å². The molecule has 2 N–H and O–H groups in total. The van der Waals surface area contributed by atoms with Crippen LogP contribution in [0.25, 0.3) is 11.3 Å². The monoisotopic (exact) mass is 390 g/mol. The van der Waals surface area contributed by atoms with E-state index in [0.29, 0.717) is 17.4 Å². The highest BCUT2D eigenvalue weighted by atomic mass is 16.5. The second kappa shape index (κ2) is 9.68. The maximum atomic E-state index is 11.6. The number of aromatic nitrogens is 2. The van der Waals surface area contributed by atoms with Crippen molar-refractivity contribution < 1.29 is 9.53 Å². The zero-order valence-electron chi connectivity index (χ0n) is 17.0. The van der Waals surface area contributed by atoms with Crippen LogP contribution in [-0.2, 0) is 4.74 Å². The molecule has 0 saturated heterocycles. The van der Waals surface area contributed by atoms with Gasteiger partial charge in [0, 0.05) is 23.9 Å². The van der Waals surface area contributed by atoms with E-state index in [9.17, 15) is 4.79 Å². The summed E-state index contributed by atoms with van der Waals surface area (Å²) in [5.41, 5.74) is 3.14. The Morgan fingerprint density at radius 1 is 1.03 bits per heavy atom. The van der Waals surface area contributed by atoms with Crippen LogP contribution in [0.5, 0.6) is 0 Å². The maximum Gasteiger partial charge on any atom is 0.337 e. The van der Waals surface area contributed by atoms with Crippen LogP contribution >= 0.6 is 0 Å². The Morgan fingerprint density at radius 3 is 2.41 bits per heavy atom. The van der Waals surface area contributed by atoms with E-state index >= 15 is 0 Å². The van der Waals surface area contributed by atoms with E-state index in [0.717, 1.165) is 35.7 Å². The van der Waals surface area contributed by atoms with E-state index in [2.05, 4.69) is 34.4 Å². The number of nitrogens with one attached hydrogen (secondary N) is 2. The summed E-state index contributed by atoms with van der Waals surface area (Å²) in [5, 5.41) is 6.62. The number of rotatable bonds is 8. The molecule has 0 bridgehead atoms. The SMILES string of the molecule is COC(=O)c1ccc(Nc2nc(NCCC(C)C)cc(-c3ccccc3)n2)cc1. The molecule has 0 unspecified atom stereocenters. The molecule has 0 aliphatic carbocycles. The van der Waals surface area contributed by atoms with Gasteiger partial charge in [0.2, 0.25) is 5.95 Å². The second-order valence-corrected chi connectivity index (χ2v) is 7.13. The number of benzene rings is 2. The summed E-state index contributed by atoms with van der Waals surface area (Å²) in [5.74, 6) is 1.51. The number of carbonyl (C=O) groups is 1. The molecule has 3 rings (SSSR count). The Bertz CT molecular complexity index is 941. The Hall–Kier alpha value is -3.41. The van der Waals surface area contributed by atoms with E-state index in [4.69, 9.17) is 4.74 Å². The molecule has 0 atom stereocenters. The summed E-state index contributed by atoms with van der Waals surface area (Å²) in [4.78, 5) is 20.9. The minimum atomic E-state index is -0.365. The molecule has 6 heteroatoms. The van der Waals surface area contributed by atoms with Crippen LogP contribution in [0.4, 0.5) is 17.5 Å². The predicted octanol–water partition coefficient (Wildman–Crippen LogP) is 5.13. The lowest BCUT2D eigenvalue weighted by Crippen LogP contribution is -2.08. The standard InChI is InChI=1S/C23H26N4O2/c1-16(2)13-14-24-21-15-20(17-7-5-4-6-8-17)26-23(27-21)25-19-11-9-18(10-12-19)22(28)29-3/h4-12,15-16H,13-14H2,1-3H3,(H2,24,25,26,27). The van der Waals surface area contributed by atoms with Gasteiger partial charge in [-0.1, -0.05) is 44.2 Å². The van der Waals surface area contributed by atoms with Crippen molar-refractivity contribution in [3.63, 3.8) is 0 Å². The Labute approximate surface area is 171 Å². The van der Waals surface area contributed by atoms with Crippen molar-refractivity contribution in [2.75, 3.05) is 24.3 Å². The number of nitrogens with zero attached hydrogens (tertiary/aromatic N) is 2. The number of carbonyl (C=O) groups excluding carboxylic acids is 1. The number of hydrogen-bond acceptors (Lipinski definition) is 6. The van der Waals surface area contributed by atoms with Gasteiger partial charge in [-0.15, -0.1) is 0 Å². The van der Waals surface area contributed by atoms with Gasteiger partial charge < -0.3 is 15.4 Å². The molecule has 3 aromatic rings. The molecule has 6 nitrogen and oxygen atoms in total. The topological polar surface area (TPSA) is 76.1 Å². The molecule has 150 valence electrons. The molecule has 0 aliphatic rings. The molecular formula is C23H26N4O2. The van der Waals surface area contributed by atoms with Gasteiger partial charge in [0.05, 0.1) is 18.4 Å². The summed E-state index contributed by atoms with van der Waals surface area (Å²) in [6, 6.07) is 19.0. The zero-order chi connectivity index (χ0) is 20.6. The molecule has 1 aromatic heterocycles. The third-order valence-corrected chi connectivity index (χ3v) is 4.39. The van der Waals surface area contributed by atoms with E-state index in [1.165, 1.54) is 7.11 Å². The fraction of sp³-hybridized carbons (Fsp3) is 0.261. The fourth-order valence-corrected chi connectivity index (χ4v) is 2.78. The van der Waals surface area contributed by atoms with Crippen LogP contribution in [0.1, 0.15) is 30.6 Å². The average Bonchev–Trinajstić information content (AvgIpc) is 2.74. The van der Waals surface area contributed by atoms with Gasteiger partial charge in [-0.3, -0.25) is 0 Å². The van der Waals surface area contributed by atoms with Crippen LogP contribution < -0.4 is 10.6 Å². The minimum Gasteiger partial charge on any atom is -0.465 e. The molecule has 0 radical (unpaired) electrons. The first kappa shape index (κ1) is 20.3. The van der Waals surface area contributed by atoms with Crippen LogP contribution in [0.3, 0.4) is 0 Å². The molecule has 0 amide bonds. The van der Waals surface area contributed by atoms with Crippen LogP contribution in [0.15, 0.2) is 60.7 Å². The normalized spacial score (nSPS) is 10.6. The van der Waals surface area contributed by atoms with Crippen molar-refractivity contribution >= 4 is 23.4 Å². The molecule has 0 fully saturated rings. The Balaban J connectivity index is 1.85. The molecule has 29 heavy (non-hydrogen) atoms. The van der Waals surface area contributed by atoms with Crippen molar-refractivity contribution in [2.24, 2.45) is 5.92 Å². The maximum absolute atomic E-state index is 11.6. The molecule has 2 aromatic carbocycles. The second-order valence-electron chi connectivity index (χ2n) is 7.13. The van der Waals surface area contributed by atoms with Crippen molar-refractivity contribution in [2.45, 2.75) is 20.3 Å². The summed E-state index contributed by atoms with van der Waals surface area (Å²) in [6.45, 7) is 5.24. The third-order valence-electron chi connectivity index (χ3n) is 4.39. The first-order valence-electron chi connectivity index (χ1n) is 9.69. The first-order valence-corrected chi connectivity index (χ1v) is 9.69. The van der Waals surface area contributed by atoms with Crippen LogP contribution in [-0.4, -0.2) is 29.6 Å². The van der Waals surface area contributed by atoms with Crippen LogP contribution in [0, 0.1) is 5.92 Å². The van der Waals surface area contributed by atoms with E-state index < -0.39 is 0 Å². The fourth-order valence-electron chi connectivity index (χ4n) is 2.78. The lowest BCUT2D eigenvalue weighted by Gasteiger charge is -2.12.